The first-order valence-electron chi connectivity index (χ1n) is 13.8. The number of H-pyrrole nitrogens is 1. The summed E-state index contributed by atoms with van der Waals surface area (Å²) in [6, 6.07) is 9.65. The van der Waals surface area contributed by atoms with Crippen molar-refractivity contribution < 1.29 is 18.2 Å². The fraction of sp³-hybridized carbons (Fsp3) is 0.483. The van der Waals surface area contributed by atoms with Crippen LogP contribution in [0.4, 0.5) is 0 Å². The monoisotopic (exact) mass is 549 g/mol. The van der Waals surface area contributed by atoms with Gasteiger partial charge in [0.2, 0.25) is 0 Å². The van der Waals surface area contributed by atoms with Crippen molar-refractivity contribution in [1.29, 1.82) is 0 Å². The molecule has 3 aromatic heterocycles. The topological polar surface area (TPSA) is 113 Å². The summed E-state index contributed by atoms with van der Waals surface area (Å²) in [6.07, 6.45) is 11.4. The Morgan fingerprint density at radius 2 is 1.87 bits per heavy atom. The Morgan fingerprint density at radius 1 is 1.08 bits per heavy atom. The molecule has 39 heavy (non-hydrogen) atoms. The van der Waals surface area contributed by atoms with Crippen molar-refractivity contribution in [3.8, 4) is 11.5 Å². The molecule has 10 heteroatoms. The lowest BCUT2D eigenvalue weighted by Gasteiger charge is -2.42. The van der Waals surface area contributed by atoms with Gasteiger partial charge < -0.3 is 14.0 Å². The van der Waals surface area contributed by atoms with E-state index >= 15 is 0 Å². The number of hydrogen-bond donors (Lipinski definition) is 2. The molecule has 1 aliphatic carbocycles. The molecule has 206 valence electrons. The maximum atomic E-state index is 12.7. The Hall–Kier alpha value is -3.08. The van der Waals surface area contributed by atoms with E-state index in [0.29, 0.717) is 18.4 Å². The number of aromatic nitrogens is 4. The highest BCUT2D eigenvalue weighted by molar-refractivity contribution is 7.79. The molecule has 1 saturated carbocycles. The Morgan fingerprint density at radius 3 is 2.64 bits per heavy atom. The third-order valence-corrected chi connectivity index (χ3v) is 9.58. The van der Waals surface area contributed by atoms with Crippen LogP contribution in [-0.2, 0) is 11.1 Å². The van der Waals surface area contributed by atoms with E-state index in [0.717, 1.165) is 85.0 Å². The number of nitrogens with zero attached hydrogens (tertiary/aromatic N) is 4. The van der Waals surface area contributed by atoms with Crippen LogP contribution in [0, 0.1) is 11.8 Å². The predicted octanol–water partition coefficient (Wildman–Crippen LogP) is 5.13. The van der Waals surface area contributed by atoms with Crippen LogP contribution in [0.15, 0.2) is 48.9 Å². The summed E-state index contributed by atoms with van der Waals surface area (Å²) >= 11 is -1.91. The van der Waals surface area contributed by atoms with Crippen LogP contribution >= 0.6 is 0 Å². The molecule has 1 aromatic carbocycles. The normalized spacial score (nSPS) is 24.0. The number of pyridine rings is 1. The van der Waals surface area contributed by atoms with Crippen molar-refractivity contribution in [3.05, 3.63) is 54.5 Å². The average molecular weight is 550 g/mol. The first-order valence-corrected chi connectivity index (χ1v) is 14.9. The van der Waals surface area contributed by atoms with Crippen molar-refractivity contribution in [1.82, 2.24) is 25.1 Å². The summed E-state index contributed by atoms with van der Waals surface area (Å²) in [5, 5.41) is 9.34. The van der Waals surface area contributed by atoms with Crippen LogP contribution in [0.25, 0.3) is 21.9 Å². The number of rotatable bonds is 8. The van der Waals surface area contributed by atoms with Gasteiger partial charge in [-0.05, 0) is 92.8 Å². The zero-order valence-corrected chi connectivity index (χ0v) is 23.0. The molecule has 1 aliphatic heterocycles. The molecule has 3 atom stereocenters. The van der Waals surface area contributed by atoms with E-state index < -0.39 is 11.1 Å². The van der Waals surface area contributed by atoms with Crippen LogP contribution in [0.3, 0.4) is 0 Å². The summed E-state index contributed by atoms with van der Waals surface area (Å²) in [4.78, 5) is 11.1. The molecule has 0 radical (unpaired) electrons. The van der Waals surface area contributed by atoms with Crippen molar-refractivity contribution in [2.24, 2.45) is 11.8 Å². The van der Waals surface area contributed by atoms with Crippen LogP contribution < -0.4 is 9.47 Å². The van der Waals surface area contributed by atoms with E-state index in [1.807, 2.05) is 42.7 Å². The van der Waals surface area contributed by atoms with Crippen LogP contribution in [-0.4, -0.2) is 66.0 Å². The van der Waals surface area contributed by atoms with E-state index in [-0.39, 0.29) is 11.3 Å². The molecule has 9 nitrogen and oxygen atoms in total. The number of methoxy groups -OCH3 is 1. The molecule has 4 heterocycles. The van der Waals surface area contributed by atoms with Gasteiger partial charge in [0.05, 0.1) is 31.6 Å². The van der Waals surface area contributed by atoms with Gasteiger partial charge in [-0.15, -0.1) is 0 Å². The summed E-state index contributed by atoms with van der Waals surface area (Å²) in [6.45, 7) is 2.24. The van der Waals surface area contributed by atoms with E-state index in [2.05, 4.69) is 25.1 Å². The van der Waals surface area contributed by atoms with E-state index in [1.165, 1.54) is 5.56 Å². The number of likely N-dealkylation sites (tertiary alicyclic amines) is 1. The molecule has 0 amide bonds. The van der Waals surface area contributed by atoms with Gasteiger partial charge in [-0.3, -0.25) is 10.00 Å². The van der Waals surface area contributed by atoms with Gasteiger partial charge in [0.1, 0.15) is 16.9 Å². The minimum absolute atomic E-state index is 0.185. The van der Waals surface area contributed by atoms with Crippen molar-refractivity contribution in [2.75, 3.05) is 26.8 Å². The van der Waals surface area contributed by atoms with Crippen molar-refractivity contribution in [2.45, 2.75) is 49.8 Å². The average Bonchev–Trinajstić information content (AvgIpc) is 3.46. The van der Waals surface area contributed by atoms with E-state index in [9.17, 15) is 8.76 Å². The predicted molar refractivity (Wildman–Crippen MR) is 151 cm³/mol. The Bertz CT molecular complexity index is 1440. The number of benzene rings is 1. The molecule has 2 fully saturated rings. The van der Waals surface area contributed by atoms with Crippen molar-refractivity contribution in [3.63, 3.8) is 0 Å². The first kappa shape index (κ1) is 26.2. The number of ether oxygens (including phenoxy) is 2. The number of hydrogen-bond acceptors (Lipinski definition) is 7. The number of fused-ring (bicyclic) bond motifs is 3. The van der Waals surface area contributed by atoms with Gasteiger partial charge in [0, 0.05) is 29.4 Å². The maximum Gasteiger partial charge on any atom is 0.171 e. The van der Waals surface area contributed by atoms with Crippen molar-refractivity contribution >= 4 is 33.0 Å². The lowest BCUT2D eigenvalue weighted by molar-refractivity contribution is 0.0879. The minimum Gasteiger partial charge on any atom is -0.497 e. The SMILES string of the molecule is COc1ccc(OCC2CCCN(C(C3CCC(c4cn[nH]c5cnc6nccc6c45)CC3)S(=O)O)C2)cc1. The Kier molecular flexibility index (Phi) is 7.76. The zero-order chi connectivity index (χ0) is 26.8. The largest absolute Gasteiger partial charge is 0.497 e. The molecule has 0 bridgehead atoms. The fourth-order valence-corrected chi connectivity index (χ4v) is 7.61. The Balaban J connectivity index is 1.11. The summed E-state index contributed by atoms with van der Waals surface area (Å²) < 4.78 is 34.4. The second-order valence-corrected chi connectivity index (χ2v) is 11.9. The lowest BCUT2D eigenvalue weighted by atomic mass is 9.77. The lowest BCUT2D eigenvalue weighted by Crippen LogP contribution is -2.49. The second-order valence-electron chi connectivity index (χ2n) is 10.8. The molecular weight excluding hydrogens is 514 g/mol. The number of aromatic amines is 1. The highest BCUT2D eigenvalue weighted by Gasteiger charge is 2.38. The standard InChI is InChI=1S/C29H35N5O4S/c1-37-22-8-10-23(11-9-22)38-18-19-3-2-14-34(17-19)29(39(35)36)21-6-4-20(5-7-21)25-15-32-33-26-16-31-28-24(27(25)26)12-13-30-28/h8-13,15-16,19-21,29,33H,2-7,14,17-18H2,1H3,(H,35,36). The molecule has 2 N–H and O–H groups in total. The Labute approximate surface area is 230 Å². The molecule has 4 aromatic rings. The number of piperidine rings is 1. The van der Waals surface area contributed by atoms with Gasteiger partial charge in [-0.1, -0.05) is 0 Å². The molecule has 2 aliphatic rings. The van der Waals surface area contributed by atoms with Crippen LogP contribution in [0.5, 0.6) is 11.5 Å². The zero-order valence-electron chi connectivity index (χ0n) is 22.2. The number of nitrogens with one attached hydrogen (secondary N) is 1. The van der Waals surface area contributed by atoms with Gasteiger partial charge in [0.15, 0.2) is 16.7 Å². The van der Waals surface area contributed by atoms with Gasteiger partial charge in [0.25, 0.3) is 0 Å². The highest BCUT2D eigenvalue weighted by Crippen LogP contribution is 2.42. The highest BCUT2D eigenvalue weighted by atomic mass is 32.2. The van der Waals surface area contributed by atoms with Gasteiger partial charge in [-0.25, -0.2) is 14.2 Å². The van der Waals surface area contributed by atoms with Gasteiger partial charge >= 0.3 is 0 Å². The van der Waals surface area contributed by atoms with Crippen LogP contribution in [0.2, 0.25) is 0 Å². The van der Waals surface area contributed by atoms with Crippen LogP contribution in [0.1, 0.15) is 50.0 Å². The third kappa shape index (κ3) is 5.50. The summed E-state index contributed by atoms with van der Waals surface area (Å²) in [7, 11) is 1.65. The summed E-state index contributed by atoms with van der Waals surface area (Å²) in [5.41, 5.74) is 2.89. The second kappa shape index (κ2) is 11.6. The van der Waals surface area contributed by atoms with E-state index in [4.69, 9.17) is 9.47 Å². The summed E-state index contributed by atoms with van der Waals surface area (Å²) in [5.74, 6) is 2.49. The molecule has 0 spiro atoms. The molecule has 3 unspecified atom stereocenters. The third-order valence-electron chi connectivity index (χ3n) is 8.49. The quantitative estimate of drug-likeness (QED) is 0.291. The molecule has 1 saturated heterocycles. The first-order chi connectivity index (χ1) is 19.1. The van der Waals surface area contributed by atoms with E-state index in [1.54, 1.807) is 13.3 Å². The smallest absolute Gasteiger partial charge is 0.171 e. The molecular formula is C29H35N5O4S. The fourth-order valence-electron chi connectivity index (χ4n) is 6.56. The molecule has 6 rings (SSSR count). The minimum atomic E-state index is -1.91. The van der Waals surface area contributed by atoms with Gasteiger partial charge in [-0.2, -0.15) is 5.10 Å². The maximum absolute atomic E-state index is 12.7.